The van der Waals surface area contributed by atoms with Crippen LogP contribution in [-0.4, -0.2) is 24.0 Å². The normalized spacial score (nSPS) is 29.4. The van der Waals surface area contributed by atoms with Gasteiger partial charge in [-0.3, -0.25) is 4.79 Å². The molecule has 0 saturated heterocycles. The van der Waals surface area contributed by atoms with Gasteiger partial charge in [0.2, 0.25) is 5.91 Å². The molecule has 2 atom stereocenters. The molecule has 2 rings (SSSR count). The Labute approximate surface area is 111 Å². The van der Waals surface area contributed by atoms with Crippen molar-refractivity contribution >= 4 is 5.91 Å². The molecule has 0 aromatic heterocycles. The molecule has 0 radical (unpaired) electrons. The Morgan fingerprint density at radius 2 is 1.83 bits per heavy atom. The molecule has 104 valence electrons. The van der Waals surface area contributed by atoms with Crippen LogP contribution in [0.25, 0.3) is 0 Å². The van der Waals surface area contributed by atoms with E-state index in [1.165, 1.54) is 32.1 Å². The van der Waals surface area contributed by atoms with E-state index in [-0.39, 0.29) is 11.9 Å². The van der Waals surface area contributed by atoms with Gasteiger partial charge in [0.1, 0.15) is 0 Å². The van der Waals surface area contributed by atoms with Crippen molar-refractivity contribution in [3.8, 4) is 0 Å². The predicted molar refractivity (Wildman–Crippen MR) is 74.4 cm³/mol. The Morgan fingerprint density at radius 1 is 1.11 bits per heavy atom. The summed E-state index contributed by atoms with van der Waals surface area (Å²) in [7, 11) is 0. The number of rotatable bonds is 4. The van der Waals surface area contributed by atoms with Crippen LogP contribution in [0.15, 0.2) is 0 Å². The summed E-state index contributed by atoms with van der Waals surface area (Å²) in [6.45, 7) is 6.71. The van der Waals surface area contributed by atoms with Gasteiger partial charge in [0.05, 0.1) is 6.04 Å². The third-order valence-electron chi connectivity index (χ3n) is 4.38. The highest BCUT2D eigenvalue weighted by atomic mass is 16.2. The van der Waals surface area contributed by atoms with E-state index >= 15 is 0 Å². The minimum atomic E-state index is -0.0446. The van der Waals surface area contributed by atoms with Crippen molar-refractivity contribution in [2.24, 2.45) is 5.41 Å². The molecule has 0 spiro atoms. The molecular weight excluding hydrogens is 224 g/mol. The van der Waals surface area contributed by atoms with Gasteiger partial charge < -0.3 is 10.6 Å². The average Bonchev–Trinajstić information content (AvgIpc) is 3.09. The molecule has 2 N–H and O–H groups in total. The van der Waals surface area contributed by atoms with Gasteiger partial charge in [-0.15, -0.1) is 0 Å². The number of hydrogen-bond donors (Lipinski definition) is 2. The van der Waals surface area contributed by atoms with Crippen LogP contribution >= 0.6 is 0 Å². The molecule has 0 aliphatic heterocycles. The van der Waals surface area contributed by atoms with Crippen molar-refractivity contribution in [2.45, 2.75) is 83.8 Å². The average molecular weight is 252 g/mol. The molecule has 2 unspecified atom stereocenters. The molecule has 3 heteroatoms. The Kier molecular flexibility index (Phi) is 4.31. The Morgan fingerprint density at radius 3 is 2.50 bits per heavy atom. The zero-order valence-corrected chi connectivity index (χ0v) is 12.1. The van der Waals surface area contributed by atoms with Crippen LogP contribution < -0.4 is 10.6 Å². The van der Waals surface area contributed by atoms with E-state index in [4.69, 9.17) is 0 Å². The summed E-state index contributed by atoms with van der Waals surface area (Å²) < 4.78 is 0. The number of carbonyl (C=O) groups excluding carboxylic acids is 1. The highest BCUT2D eigenvalue weighted by Gasteiger charge is 2.28. The summed E-state index contributed by atoms with van der Waals surface area (Å²) in [5.41, 5.74) is 0.482. The topological polar surface area (TPSA) is 41.1 Å². The summed E-state index contributed by atoms with van der Waals surface area (Å²) in [5.74, 6) is 0.181. The molecule has 2 saturated carbocycles. The Balaban J connectivity index is 1.75. The molecule has 3 nitrogen and oxygen atoms in total. The highest BCUT2D eigenvalue weighted by Crippen LogP contribution is 2.33. The van der Waals surface area contributed by atoms with Gasteiger partial charge in [-0.2, -0.15) is 0 Å². The van der Waals surface area contributed by atoms with Crippen molar-refractivity contribution in [3.05, 3.63) is 0 Å². The second-order valence-corrected chi connectivity index (χ2v) is 6.96. The molecule has 2 fully saturated rings. The number of carbonyl (C=O) groups is 1. The molecule has 2 aliphatic carbocycles. The van der Waals surface area contributed by atoms with Gasteiger partial charge in [-0.1, -0.05) is 20.3 Å². The first-order chi connectivity index (χ1) is 8.46. The third kappa shape index (κ3) is 4.27. The summed E-state index contributed by atoms with van der Waals surface area (Å²) >= 11 is 0. The maximum absolute atomic E-state index is 11.9. The van der Waals surface area contributed by atoms with Gasteiger partial charge in [0.25, 0.3) is 0 Å². The molecule has 1 amide bonds. The maximum Gasteiger partial charge on any atom is 0.237 e. The van der Waals surface area contributed by atoms with Crippen molar-refractivity contribution in [3.63, 3.8) is 0 Å². The lowest BCUT2D eigenvalue weighted by molar-refractivity contribution is -0.123. The fourth-order valence-corrected chi connectivity index (χ4v) is 2.81. The van der Waals surface area contributed by atoms with Crippen molar-refractivity contribution < 1.29 is 4.79 Å². The van der Waals surface area contributed by atoms with Crippen LogP contribution in [-0.2, 0) is 4.79 Å². The zero-order chi connectivity index (χ0) is 13.2. The predicted octanol–water partition coefficient (Wildman–Crippen LogP) is 2.60. The van der Waals surface area contributed by atoms with Crippen LogP contribution in [0.4, 0.5) is 0 Å². The standard InChI is InChI=1S/C15H28N2O/c1-11(14(18)17-13-6-7-13)16-12-5-4-9-15(2,3)10-8-12/h11-13,16H,4-10H2,1-3H3,(H,17,18). The minimum absolute atomic E-state index is 0.0446. The zero-order valence-electron chi connectivity index (χ0n) is 12.1. The SMILES string of the molecule is CC(NC1CCCC(C)(C)CC1)C(=O)NC1CC1. The summed E-state index contributed by atoms with van der Waals surface area (Å²) in [5, 5.41) is 6.59. The first kappa shape index (κ1) is 13.9. The van der Waals surface area contributed by atoms with Crippen LogP contribution in [0.3, 0.4) is 0 Å². The fraction of sp³-hybridized carbons (Fsp3) is 0.933. The number of nitrogens with one attached hydrogen (secondary N) is 2. The smallest absolute Gasteiger partial charge is 0.237 e. The quantitative estimate of drug-likeness (QED) is 0.755. The molecule has 0 aromatic rings. The lowest BCUT2D eigenvalue weighted by Crippen LogP contribution is -2.47. The minimum Gasteiger partial charge on any atom is -0.352 e. The lowest BCUT2D eigenvalue weighted by Gasteiger charge is -2.23. The number of hydrogen-bond acceptors (Lipinski definition) is 2. The van der Waals surface area contributed by atoms with E-state index in [0.717, 1.165) is 12.8 Å². The van der Waals surface area contributed by atoms with E-state index in [0.29, 0.717) is 17.5 Å². The van der Waals surface area contributed by atoms with E-state index in [2.05, 4.69) is 24.5 Å². The monoisotopic (exact) mass is 252 g/mol. The largest absolute Gasteiger partial charge is 0.352 e. The van der Waals surface area contributed by atoms with E-state index in [1.54, 1.807) is 0 Å². The molecule has 0 bridgehead atoms. The first-order valence-corrected chi connectivity index (χ1v) is 7.53. The van der Waals surface area contributed by atoms with Crippen molar-refractivity contribution in [2.75, 3.05) is 0 Å². The molecule has 0 heterocycles. The Hall–Kier alpha value is -0.570. The van der Waals surface area contributed by atoms with Gasteiger partial charge >= 0.3 is 0 Å². The van der Waals surface area contributed by atoms with E-state index in [9.17, 15) is 4.79 Å². The lowest BCUT2D eigenvalue weighted by atomic mass is 9.85. The Bertz CT molecular complexity index is 297. The summed E-state index contributed by atoms with van der Waals surface area (Å²) in [6.07, 6.45) is 8.60. The van der Waals surface area contributed by atoms with Gasteiger partial charge in [-0.25, -0.2) is 0 Å². The van der Waals surface area contributed by atoms with Crippen LogP contribution in [0.5, 0.6) is 0 Å². The van der Waals surface area contributed by atoms with Crippen LogP contribution in [0, 0.1) is 5.41 Å². The fourth-order valence-electron chi connectivity index (χ4n) is 2.81. The summed E-state index contributed by atoms with van der Waals surface area (Å²) in [6, 6.07) is 0.943. The van der Waals surface area contributed by atoms with E-state index in [1.807, 2.05) is 6.92 Å². The third-order valence-corrected chi connectivity index (χ3v) is 4.38. The van der Waals surface area contributed by atoms with Crippen molar-refractivity contribution in [1.82, 2.24) is 10.6 Å². The maximum atomic E-state index is 11.9. The highest BCUT2D eigenvalue weighted by molar-refractivity contribution is 5.81. The van der Waals surface area contributed by atoms with Crippen molar-refractivity contribution in [1.29, 1.82) is 0 Å². The molecule has 2 aliphatic rings. The van der Waals surface area contributed by atoms with Gasteiger partial charge in [0, 0.05) is 12.1 Å². The van der Waals surface area contributed by atoms with Gasteiger partial charge in [0.15, 0.2) is 0 Å². The molecule has 18 heavy (non-hydrogen) atoms. The summed E-state index contributed by atoms with van der Waals surface area (Å²) in [4.78, 5) is 11.9. The number of amides is 1. The van der Waals surface area contributed by atoms with Crippen LogP contribution in [0.1, 0.15) is 65.7 Å². The molecule has 0 aromatic carbocycles. The first-order valence-electron chi connectivity index (χ1n) is 7.53. The van der Waals surface area contributed by atoms with Crippen LogP contribution in [0.2, 0.25) is 0 Å². The second-order valence-electron chi connectivity index (χ2n) is 6.96. The molecular formula is C15H28N2O. The second kappa shape index (κ2) is 5.60. The van der Waals surface area contributed by atoms with E-state index < -0.39 is 0 Å². The van der Waals surface area contributed by atoms with Gasteiger partial charge in [-0.05, 0) is 50.9 Å².